The van der Waals surface area contributed by atoms with E-state index in [2.05, 4.69) is 14.8 Å². The molecule has 2 amide bonds. The molecular formula is C30H48N2O12S. The molecule has 14 nitrogen and oxygen atoms in total. The molecule has 1 aromatic rings. The van der Waals surface area contributed by atoms with Crippen LogP contribution in [0.15, 0.2) is 24.3 Å². The summed E-state index contributed by atoms with van der Waals surface area (Å²) in [6.07, 6.45) is -0.325. The maximum absolute atomic E-state index is 11.7. The number of rotatable bonds is 9. The van der Waals surface area contributed by atoms with Crippen molar-refractivity contribution in [1.29, 1.82) is 0 Å². The summed E-state index contributed by atoms with van der Waals surface area (Å²) in [7, 11) is 0.618. The number of nitrogens with one attached hydrogen (secondary N) is 1. The van der Waals surface area contributed by atoms with Crippen LogP contribution >= 0.6 is 0 Å². The number of carbonyl (C=O) groups excluding carboxylic acids is 5. The summed E-state index contributed by atoms with van der Waals surface area (Å²) in [5, 5.41) is 1.55. The van der Waals surface area contributed by atoms with Crippen molar-refractivity contribution in [2.75, 3.05) is 27.0 Å². The second-order valence-corrected chi connectivity index (χ2v) is 14.3. The third kappa shape index (κ3) is 17.3. The van der Waals surface area contributed by atoms with Crippen LogP contribution in [0.5, 0.6) is 5.75 Å². The monoisotopic (exact) mass is 660 g/mol. The Kier molecular flexibility index (Phi) is 16.6. The van der Waals surface area contributed by atoms with E-state index in [9.17, 15) is 32.4 Å². The average Bonchev–Trinajstić information content (AvgIpc) is 3.65. The molecule has 45 heavy (non-hydrogen) atoms. The molecule has 0 heterocycles. The predicted molar refractivity (Wildman–Crippen MR) is 165 cm³/mol. The van der Waals surface area contributed by atoms with E-state index in [0.717, 1.165) is 5.56 Å². The van der Waals surface area contributed by atoms with Crippen LogP contribution in [0.25, 0.3) is 0 Å². The minimum absolute atomic E-state index is 0.0527. The van der Waals surface area contributed by atoms with Gasteiger partial charge in [-0.1, -0.05) is 19.1 Å². The number of sulfone groups is 1. The first kappa shape index (κ1) is 41.1. The third-order valence-corrected chi connectivity index (χ3v) is 8.07. The number of nitrogens with two attached hydrogens (primary N) is 1. The fourth-order valence-corrected chi connectivity index (χ4v) is 5.53. The van der Waals surface area contributed by atoms with Gasteiger partial charge < -0.3 is 34.7 Å². The molecule has 1 fully saturated rings. The zero-order valence-corrected chi connectivity index (χ0v) is 28.6. The van der Waals surface area contributed by atoms with E-state index in [4.69, 9.17) is 19.9 Å². The Bertz CT molecular complexity index is 1250. The molecule has 1 aliphatic carbocycles. The van der Waals surface area contributed by atoms with E-state index in [1.165, 1.54) is 28.2 Å². The standard InChI is InChI=1S/C14H19NO4.C10H16O6S.C6H13NO2/c1-14(2,3)19-13(17)18-11-7-4-10(5-8-11)6-9-12(15)16;1-4-17(13,14)9-6(5-7(11)15-2)8(9)10(12)16-3;1-6(2,3)9-5(8)7-4/h4-5,7-8H,6,9H2,1-3H3,(H2,15,16);6,8-9H,4-5H2,1-3H3;1-4H3,(H,7,8)/t;6-,8?,9-;/m.1./s1. The molecule has 1 unspecified atom stereocenters. The Morgan fingerprint density at radius 3 is 1.80 bits per heavy atom. The van der Waals surface area contributed by atoms with Gasteiger partial charge in [-0.15, -0.1) is 0 Å². The van der Waals surface area contributed by atoms with Gasteiger partial charge in [0.15, 0.2) is 9.84 Å². The quantitative estimate of drug-likeness (QED) is 0.222. The summed E-state index contributed by atoms with van der Waals surface area (Å²) in [5.74, 6) is -2.34. The molecule has 0 bridgehead atoms. The first-order chi connectivity index (χ1) is 20.6. The lowest BCUT2D eigenvalue weighted by molar-refractivity contribution is -0.143. The number of carbonyl (C=O) groups is 5. The Morgan fingerprint density at radius 2 is 1.42 bits per heavy atom. The molecule has 0 spiro atoms. The largest absolute Gasteiger partial charge is 0.514 e. The number of benzene rings is 1. The van der Waals surface area contributed by atoms with Gasteiger partial charge in [0, 0.05) is 25.1 Å². The Hall–Kier alpha value is -3.88. The van der Waals surface area contributed by atoms with Crippen LogP contribution in [0.2, 0.25) is 0 Å². The number of primary amides is 1. The molecule has 0 radical (unpaired) electrons. The summed E-state index contributed by atoms with van der Waals surface area (Å²) in [6, 6.07) is 6.87. The Morgan fingerprint density at radius 1 is 0.889 bits per heavy atom. The van der Waals surface area contributed by atoms with Crippen LogP contribution in [0.4, 0.5) is 9.59 Å². The molecule has 2 rings (SSSR count). The van der Waals surface area contributed by atoms with E-state index >= 15 is 0 Å². The fraction of sp³-hybridized carbons (Fsp3) is 0.633. The van der Waals surface area contributed by atoms with E-state index in [1.54, 1.807) is 45.0 Å². The number of aryl methyl sites for hydroxylation is 1. The van der Waals surface area contributed by atoms with E-state index in [1.807, 2.05) is 20.8 Å². The lowest BCUT2D eigenvalue weighted by atomic mass is 10.1. The number of methoxy groups -OCH3 is 2. The number of hydrogen-bond donors (Lipinski definition) is 2. The van der Waals surface area contributed by atoms with Gasteiger partial charge in [0.2, 0.25) is 5.91 Å². The third-order valence-electron chi connectivity index (χ3n) is 5.79. The van der Waals surface area contributed by atoms with Gasteiger partial charge in [-0.05, 0) is 65.7 Å². The number of hydrogen-bond acceptors (Lipinski definition) is 12. The highest BCUT2D eigenvalue weighted by molar-refractivity contribution is 7.92. The van der Waals surface area contributed by atoms with Crippen molar-refractivity contribution in [1.82, 2.24) is 5.32 Å². The van der Waals surface area contributed by atoms with Crippen molar-refractivity contribution >= 4 is 39.9 Å². The molecule has 1 saturated carbocycles. The number of alkyl carbamates (subject to hydrolysis) is 1. The van der Waals surface area contributed by atoms with Gasteiger partial charge in [0.25, 0.3) is 0 Å². The molecule has 256 valence electrons. The number of esters is 2. The van der Waals surface area contributed by atoms with Crippen LogP contribution in [0.3, 0.4) is 0 Å². The summed E-state index contributed by atoms with van der Waals surface area (Å²) in [6.45, 7) is 12.3. The normalized spacial score (nSPS) is 17.1. The van der Waals surface area contributed by atoms with Crippen molar-refractivity contribution in [2.24, 2.45) is 17.6 Å². The second-order valence-electron chi connectivity index (χ2n) is 11.8. The zero-order valence-electron chi connectivity index (χ0n) is 27.8. The second kappa shape index (κ2) is 18.2. The Balaban J connectivity index is 0.000000686. The van der Waals surface area contributed by atoms with Crippen LogP contribution in [0.1, 0.15) is 66.9 Å². The summed E-state index contributed by atoms with van der Waals surface area (Å²) in [5.41, 5.74) is 5.05. The topological polar surface area (TPSA) is 204 Å². The van der Waals surface area contributed by atoms with E-state index in [-0.39, 0.29) is 29.8 Å². The van der Waals surface area contributed by atoms with Crippen LogP contribution in [-0.4, -0.2) is 82.0 Å². The lowest BCUT2D eigenvalue weighted by Gasteiger charge is -2.18. The molecule has 0 saturated heterocycles. The summed E-state index contributed by atoms with van der Waals surface area (Å²) < 4.78 is 47.3. The van der Waals surface area contributed by atoms with Crippen LogP contribution in [-0.2, 0) is 49.6 Å². The van der Waals surface area contributed by atoms with Gasteiger partial charge in [-0.2, -0.15) is 0 Å². The minimum atomic E-state index is -3.34. The van der Waals surface area contributed by atoms with Crippen molar-refractivity contribution in [2.45, 2.75) is 84.2 Å². The maximum Gasteiger partial charge on any atom is 0.514 e. The van der Waals surface area contributed by atoms with Gasteiger partial charge >= 0.3 is 24.2 Å². The fourth-order valence-electron chi connectivity index (χ4n) is 3.68. The summed E-state index contributed by atoms with van der Waals surface area (Å²) in [4.78, 5) is 55.1. The predicted octanol–water partition coefficient (Wildman–Crippen LogP) is 3.33. The van der Waals surface area contributed by atoms with Gasteiger partial charge in [0.05, 0.1) is 31.8 Å². The highest BCUT2D eigenvalue weighted by Gasteiger charge is 2.62. The van der Waals surface area contributed by atoms with Crippen LogP contribution in [0, 0.1) is 11.8 Å². The SMILES string of the molecule is CC(C)(C)OC(=O)Oc1ccc(CCC(N)=O)cc1.CCS(=O)(=O)[C@H]1C(C(=O)OC)[C@H]1CC(=O)OC.CNC(=O)OC(C)(C)C. The smallest absolute Gasteiger partial charge is 0.469 e. The van der Waals surface area contributed by atoms with Crippen molar-refractivity contribution in [3.05, 3.63) is 29.8 Å². The molecule has 0 aliphatic heterocycles. The molecule has 3 N–H and O–H groups in total. The summed E-state index contributed by atoms with van der Waals surface area (Å²) >= 11 is 0. The number of amides is 2. The average molecular weight is 661 g/mol. The van der Waals surface area contributed by atoms with E-state index < -0.39 is 50.6 Å². The molecule has 0 aromatic heterocycles. The first-order valence-electron chi connectivity index (χ1n) is 14.2. The lowest BCUT2D eigenvalue weighted by Crippen LogP contribution is -2.30. The highest BCUT2D eigenvalue weighted by atomic mass is 32.2. The van der Waals surface area contributed by atoms with Crippen molar-refractivity contribution in [3.63, 3.8) is 0 Å². The molecule has 3 atom stereocenters. The molecule has 1 aromatic carbocycles. The van der Waals surface area contributed by atoms with Crippen molar-refractivity contribution < 1.29 is 56.1 Å². The van der Waals surface area contributed by atoms with Crippen molar-refractivity contribution in [3.8, 4) is 5.75 Å². The molecule has 1 aliphatic rings. The van der Waals surface area contributed by atoms with Gasteiger partial charge in [-0.3, -0.25) is 14.4 Å². The molecular weight excluding hydrogens is 612 g/mol. The number of ether oxygens (including phenoxy) is 5. The van der Waals surface area contributed by atoms with Gasteiger partial charge in [0.1, 0.15) is 17.0 Å². The maximum atomic E-state index is 11.7. The highest BCUT2D eigenvalue weighted by Crippen LogP contribution is 2.48. The van der Waals surface area contributed by atoms with E-state index in [0.29, 0.717) is 18.6 Å². The molecule has 15 heteroatoms. The zero-order chi connectivity index (χ0) is 35.2. The Labute approximate surface area is 265 Å². The van der Waals surface area contributed by atoms with Crippen LogP contribution < -0.4 is 15.8 Å². The van der Waals surface area contributed by atoms with Gasteiger partial charge in [-0.25, -0.2) is 18.0 Å². The first-order valence-corrected chi connectivity index (χ1v) is 15.9. The minimum Gasteiger partial charge on any atom is -0.469 e.